The minimum Gasteiger partial charge on any atom is -0.493 e. The molecule has 2 fully saturated rings. The van der Waals surface area contributed by atoms with Crippen molar-refractivity contribution in [3.63, 3.8) is 0 Å². The van der Waals surface area contributed by atoms with E-state index in [0.29, 0.717) is 29.6 Å². The minimum atomic E-state index is -0.346. The van der Waals surface area contributed by atoms with Gasteiger partial charge in [-0.3, -0.25) is 19.9 Å². The first-order valence-electron chi connectivity index (χ1n) is 8.68. The summed E-state index contributed by atoms with van der Waals surface area (Å²) in [4.78, 5) is 15.9. The Bertz CT molecular complexity index is 625. The second-order valence-corrected chi connectivity index (χ2v) is 6.56. The number of methoxy groups -OCH3 is 2. The maximum absolute atomic E-state index is 11.5. The highest BCUT2D eigenvalue weighted by molar-refractivity contribution is 5.85. The summed E-state index contributed by atoms with van der Waals surface area (Å²) in [7, 11) is 3.03. The van der Waals surface area contributed by atoms with Crippen LogP contribution in [0.5, 0.6) is 11.5 Å². The van der Waals surface area contributed by atoms with Crippen molar-refractivity contribution < 1.29 is 14.4 Å². The van der Waals surface area contributed by atoms with Crippen LogP contribution < -0.4 is 14.8 Å². The molecular weight excluding hydrogens is 360 g/mol. The van der Waals surface area contributed by atoms with Crippen LogP contribution in [0.15, 0.2) is 12.1 Å². The monoisotopic (exact) mass is 386 g/mol. The summed E-state index contributed by atoms with van der Waals surface area (Å²) in [5.74, 6) is 0.916. The number of hydrogen-bond donors (Lipinski definition) is 1. The van der Waals surface area contributed by atoms with Gasteiger partial charge in [-0.05, 0) is 12.5 Å². The van der Waals surface area contributed by atoms with Gasteiger partial charge in [0.15, 0.2) is 11.5 Å². The summed E-state index contributed by atoms with van der Waals surface area (Å²) in [6, 6.07) is 3.73. The number of nitrogens with one attached hydrogen (secondary N) is 1. The second kappa shape index (κ2) is 9.36. The van der Waals surface area contributed by atoms with Gasteiger partial charge in [-0.15, -0.1) is 12.4 Å². The van der Waals surface area contributed by atoms with E-state index < -0.39 is 0 Å². The normalized spacial score (nSPS) is 21.2. The Morgan fingerprint density at radius 2 is 1.85 bits per heavy atom. The van der Waals surface area contributed by atoms with Crippen LogP contribution in [0, 0.1) is 10.1 Å². The number of halogens is 1. The van der Waals surface area contributed by atoms with Crippen LogP contribution in [0.4, 0.5) is 5.69 Å². The molecule has 2 aliphatic rings. The van der Waals surface area contributed by atoms with E-state index in [1.54, 1.807) is 13.2 Å². The van der Waals surface area contributed by atoms with Crippen LogP contribution in [-0.4, -0.2) is 74.3 Å². The number of piperazine rings is 1. The quantitative estimate of drug-likeness (QED) is 0.586. The Kier molecular flexibility index (Phi) is 7.45. The Morgan fingerprint density at radius 1 is 1.19 bits per heavy atom. The van der Waals surface area contributed by atoms with Gasteiger partial charge < -0.3 is 14.8 Å². The van der Waals surface area contributed by atoms with Crippen LogP contribution in [0.25, 0.3) is 0 Å². The van der Waals surface area contributed by atoms with Gasteiger partial charge in [0.1, 0.15) is 0 Å². The maximum atomic E-state index is 11.5. The van der Waals surface area contributed by atoms with Crippen LogP contribution in [0.3, 0.4) is 0 Å². The number of ether oxygens (including phenoxy) is 2. The summed E-state index contributed by atoms with van der Waals surface area (Å²) < 4.78 is 10.5. The molecule has 0 saturated carbocycles. The zero-order valence-corrected chi connectivity index (χ0v) is 16.1. The largest absolute Gasteiger partial charge is 0.493 e. The first kappa shape index (κ1) is 20.7. The van der Waals surface area contributed by atoms with E-state index in [4.69, 9.17) is 9.47 Å². The van der Waals surface area contributed by atoms with E-state index in [0.717, 1.165) is 45.7 Å². The molecule has 26 heavy (non-hydrogen) atoms. The fraction of sp³-hybridized carbons (Fsp3) is 0.647. The molecule has 0 radical (unpaired) electrons. The number of benzene rings is 1. The highest BCUT2D eigenvalue weighted by Gasteiger charge is 2.30. The van der Waals surface area contributed by atoms with E-state index >= 15 is 0 Å². The van der Waals surface area contributed by atoms with Crippen molar-refractivity contribution in [1.82, 2.24) is 15.1 Å². The van der Waals surface area contributed by atoms with Gasteiger partial charge in [-0.2, -0.15) is 0 Å². The van der Waals surface area contributed by atoms with Crippen LogP contribution >= 0.6 is 12.4 Å². The second-order valence-electron chi connectivity index (χ2n) is 6.56. The zero-order chi connectivity index (χ0) is 17.8. The summed E-state index contributed by atoms with van der Waals surface area (Å²) in [6.45, 7) is 6.70. The number of rotatable bonds is 6. The van der Waals surface area contributed by atoms with Gasteiger partial charge in [-0.1, -0.05) is 0 Å². The number of likely N-dealkylation sites (tertiary alicyclic amines) is 1. The van der Waals surface area contributed by atoms with Gasteiger partial charge >= 0.3 is 0 Å². The Morgan fingerprint density at radius 3 is 2.46 bits per heavy atom. The Hall–Kier alpha value is -1.61. The lowest BCUT2D eigenvalue weighted by Gasteiger charge is -2.32. The van der Waals surface area contributed by atoms with Gasteiger partial charge in [0.2, 0.25) is 0 Å². The van der Waals surface area contributed by atoms with Gasteiger partial charge in [0, 0.05) is 57.4 Å². The predicted octanol–water partition coefficient (Wildman–Crippen LogP) is 1.51. The molecule has 1 atom stereocenters. The minimum absolute atomic E-state index is 0. The topological polar surface area (TPSA) is 80.1 Å². The van der Waals surface area contributed by atoms with Crippen LogP contribution in [0.2, 0.25) is 0 Å². The van der Waals surface area contributed by atoms with E-state index in [9.17, 15) is 10.1 Å². The molecular formula is C17H27ClN4O4. The zero-order valence-electron chi connectivity index (χ0n) is 15.3. The predicted molar refractivity (Wildman–Crippen MR) is 102 cm³/mol. The summed E-state index contributed by atoms with van der Waals surface area (Å²) in [6.07, 6.45) is 1.11. The molecule has 0 aliphatic carbocycles. The third kappa shape index (κ3) is 4.56. The standard InChI is InChI=1S/C17H26N4O4.ClH/c1-24-16-9-13(15(21(22)23)10-17(16)25-2)11-19-6-3-14(12-19)20-7-4-18-5-8-20;/h9-10,14,18H,3-8,11-12H2,1-2H3;1H. The van der Waals surface area contributed by atoms with Crippen LogP contribution in [-0.2, 0) is 6.54 Å². The highest BCUT2D eigenvalue weighted by Crippen LogP contribution is 2.35. The van der Waals surface area contributed by atoms with Crippen LogP contribution in [0.1, 0.15) is 12.0 Å². The molecule has 0 spiro atoms. The maximum Gasteiger partial charge on any atom is 0.277 e. The highest BCUT2D eigenvalue weighted by atomic mass is 35.5. The van der Waals surface area contributed by atoms with Crippen molar-refractivity contribution in [3.05, 3.63) is 27.8 Å². The average molecular weight is 387 g/mol. The number of nitrogens with zero attached hydrogens (tertiary/aromatic N) is 3. The Labute approximate surface area is 160 Å². The van der Waals surface area contributed by atoms with Crippen molar-refractivity contribution in [3.8, 4) is 11.5 Å². The molecule has 1 aromatic carbocycles. The third-order valence-electron chi connectivity index (χ3n) is 5.09. The van der Waals surface area contributed by atoms with Crippen molar-refractivity contribution >= 4 is 18.1 Å². The molecule has 0 amide bonds. The molecule has 3 rings (SSSR count). The lowest BCUT2D eigenvalue weighted by molar-refractivity contribution is -0.385. The first-order valence-corrected chi connectivity index (χ1v) is 8.68. The van der Waals surface area contributed by atoms with Gasteiger partial charge in [-0.25, -0.2) is 0 Å². The number of nitro groups is 1. The van der Waals surface area contributed by atoms with Crippen molar-refractivity contribution in [1.29, 1.82) is 0 Å². The molecule has 2 heterocycles. The summed E-state index contributed by atoms with van der Waals surface area (Å²) >= 11 is 0. The molecule has 0 aromatic heterocycles. The van der Waals surface area contributed by atoms with E-state index in [1.807, 2.05) is 0 Å². The molecule has 1 aromatic rings. The molecule has 0 bridgehead atoms. The first-order chi connectivity index (χ1) is 12.1. The summed E-state index contributed by atoms with van der Waals surface area (Å²) in [5.41, 5.74) is 0.756. The van der Waals surface area contributed by atoms with E-state index in [2.05, 4.69) is 15.1 Å². The fourth-order valence-corrected chi connectivity index (χ4v) is 3.75. The molecule has 1 N–H and O–H groups in total. The molecule has 146 valence electrons. The van der Waals surface area contributed by atoms with E-state index in [1.165, 1.54) is 13.2 Å². The van der Waals surface area contributed by atoms with Crippen molar-refractivity contribution in [2.75, 3.05) is 53.5 Å². The fourth-order valence-electron chi connectivity index (χ4n) is 3.75. The Balaban J connectivity index is 0.00000243. The van der Waals surface area contributed by atoms with E-state index in [-0.39, 0.29) is 23.0 Å². The van der Waals surface area contributed by atoms with Crippen molar-refractivity contribution in [2.45, 2.75) is 19.0 Å². The molecule has 8 nitrogen and oxygen atoms in total. The van der Waals surface area contributed by atoms with Gasteiger partial charge in [0.25, 0.3) is 5.69 Å². The number of nitro benzene ring substituents is 1. The van der Waals surface area contributed by atoms with Gasteiger partial charge in [0.05, 0.1) is 25.2 Å². The lowest BCUT2D eigenvalue weighted by Crippen LogP contribution is -2.49. The average Bonchev–Trinajstić information content (AvgIpc) is 3.10. The van der Waals surface area contributed by atoms with Crippen molar-refractivity contribution in [2.24, 2.45) is 0 Å². The molecule has 2 aliphatic heterocycles. The molecule has 1 unspecified atom stereocenters. The lowest BCUT2D eigenvalue weighted by atomic mass is 10.1. The third-order valence-corrected chi connectivity index (χ3v) is 5.09. The smallest absolute Gasteiger partial charge is 0.277 e. The SMILES string of the molecule is COc1cc(CN2CCC(N3CCNCC3)C2)c([N+](=O)[O-])cc1OC.Cl. The molecule has 2 saturated heterocycles. The summed E-state index contributed by atoms with van der Waals surface area (Å²) in [5, 5.41) is 14.8. The number of hydrogen-bond acceptors (Lipinski definition) is 7. The molecule has 9 heteroatoms.